The van der Waals surface area contributed by atoms with E-state index < -0.39 is 4.92 Å². The maximum absolute atomic E-state index is 10.5. The molecule has 0 aliphatic heterocycles. The first-order valence-electron chi connectivity index (χ1n) is 6.88. The Morgan fingerprint density at radius 3 is 2.62 bits per heavy atom. The monoisotopic (exact) mass is 360 g/mol. The second-order valence-electron chi connectivity index (χ2n) is 4.84. The molecule has 0 unspecified atom stereocenters. The average Bonchev–Trinajstić information content (AvgIpc) is 3.00. The maximum atomic E-state index is 10.5. The van der Waals surface area contributed by atoms with Crippen LogP contribution in [0.1, 0.15) is 11.5 Å². The quantitative estimate of drug-likeness (QED) is 0.336. The summed E-state index contributed by atoms with van der Waals surface area (Å²) in [5, 5.41) is 12.5. The van der Waals surface area contributed by atoms with E-state index in [-0.39, 0.29) is 5.88 Å². The van der Waals surface area contributed by atoms with Gasteiger partial charge in [-0.3, -0.25) is 10.1 Å². The lowest BCUT2D eigenvalue weighted by atomic mass is 10.2. The summed E-state index contributed by atoms with van der Waals surface area (Å²) in [6, 6.07) is 9.91. The van der Waals surface area contributed by atoms with E-state index in [2.05, 4.69) is 4.98 Å². The molecule has 0 amide bonds. The highest BCUT2D eigenvalue weighted by Gasteiger charge is 2.09. The number of furan rings is 1. The lowest BCUT2D eigenvalue weighted by Gasteiger charge is -2.02. The largest absolute Gasteiger partial charge is 0.433 e. The van der Waals surface area contributed by atoms with Crippen LogP contribution in [-0.4, -0.2) is 9.91 Å². The van der Waals surface area contributed by atoms with Crippen LogP contribution in [0.3, 0.4) is 0 Å². The average molecular weight is 361 g/mol. The second kappa shape index (κ2) is 6.86. The molecule has 0 saturated carbocycles. The van der Waals surface area contributed by atoms with E-state index in [1.165, 1.54) is 12.1 Å². The molecule has 0 spiro atoms. The van der Waals surface area contributed by atoms with Crippen LogP contribution in [-0.2, 0) is 0 Å². The van der Waals surface area contributed by atoms with Gasteiger partial charge in [-0.1, -0.05) is 35.4 Å². The highest BCUT2D eigenvalue weighted by Crippen LogP contribution is 2.26. The van der Waals surface area contributed by atoms with Gasteiger partial charge in [-0.15, -0.1) is 0 Å². The molecule has 2 heterocycles. The third-order valence-electron chi connectivity index (χ3n) is 3.17. The van der Waals surface area contributed by atoms with Gasteiger partial charge in [0.05, 0.1) is 22.3 Å². The molecule has 0 radical (unpaired) electrons. The number of allylic oxidation sites excluding steroid dienone is 2. The number of benzene rings is 1. The predicted octanol–water partition coefficient (Wildman–Crippen LogP) is 5.77. The molecular formula is C17H10Cl2N2O3. The molecular weight excluding hydrogens is 351 g/mol. The fourth-order valence-corrected chi connectivity index (χ4v) is 2.54. The van der Waals surface area contributed by atoms with E-state index in [1.54, 1.807) is 42.5 Å². The zero-order chi connectivity index (χ0) is 17.1. The first kappa shape index (κ1) is 16.2. The van der Waals surface area contributed by atoms with Gasteiger partial charge in [-0.25, -0.2) is 4.98 Å². The lowest BCUT2D eigenvalue weighted by Crippen LogP contribution is -1.85. The maximum Gasteiger partial charge on any atom is 0.433 e. The van der Waals surface area contributed by atoms with Gasteiger partial charge in [-0.2, -0.15) is 0 Å². The van der Waals surface area contributed by atoms with Crippen LogP contribution in [0.25, 0.3) is 23.1 Å². The topological polar surface area (TPSA) is 69.2 Å². The molecule has 0 aliphatic carbocycles. The van der Waals surface area contributed by atoms with Crippen molar-refractivity contribution in [1.29, 1.82) is 0 Å². The Balaban J connectivity index is 1.79. The number of pyridine rings is 1. The molecule has 3 aromatic rings. The van der Waals surface area contributed by atoms with Crippen molar-refractivity contribution in [2.75, 3.05) is 0 Å². The van der Waals surface area contributed by atoms with Crippen molar-refractivity contribution >= 4 is 52.1 Å². The summed E-state index contributed by atoms with van der Waals surface area (Å²) in [4.78, 5) is 14.4. The first-order chi connectivity index (χ1) is 11.5. The minimum absolute atomic E-state index is 0.293. The number of nitro groups is 1. The zero-order valence-electron chi connectivity index (χ0n) is 12.1. The second-order valence-corrected chi connectivity index (χ2v) is 5.69. The lowest BCUT2D eigenvalue weighted by molar-refractivity contribution is -0.402. The fraction of sp³-hybridized carbons (Fsp3) is 0. The standard InChI is InChI=1S/C17H10Cl2N2O3/c18-11-5-7-14-15(19)10-12(20-16(14)9-11)3-1-2-4-13-6-8-17(24-13)21(22)23/h1-10H. The Morgan fingerprint density at radius 2 is 1.88 bits per heavy atom. The van der Waals surface area contributed by atoms with Crippen LogP contribution in [0.15, 0.2) is 53.0 Å². The van der Waals surface area contributed by atoms with E-state index in [4.69, 9.17) is 27.6 Å². The number of rotatable bonds is 4. The summed E-state index contributed by atoms with van der Waals surface area (Å²) < 4.78 is 5.02. The molecule has 0 fully saturated rings. The summed E-state index contributed by atoms with van der Waals surface area (Å²) in [6.45, 7) is 0. The van der Waals surface area contributed by atoms with Crippen LogP contribution in [0.4, 0.5) is 5.88 Å². The molecule has 3 rings (SSSR count). The van der Waals surface area contributed by atoms with E-state index >= 15 is 0 Å². The predicted molar refractivity (Wildman–Crippen MR) is 95.2 cm³/mol. The Labute approximate surface area is 147 Å². The van der Waals surface area contributed by atoms with E-state index in [0.29, 0.717) is 27.0 Å². The van der Waals surface area contributed by atoms with Gasteiger partial charge < -0.3 is 4.42 Å². The van der Waals surface area contributed by atoms with Crippen LogP contribution in [0, 0.1) is 10.1 Å². The Morgan fingerprint density at radius 1 is 1.08 bits per heavy atom. The summed E-state index contributed by atoms with van der Waals surface area (Å²) in [5.41, 5.74) is 1.38. The van der Waals surface area contributed by atoms with Crippen LogP contribution in [0.5, 0.6) is 0 Å². The smallest absolute Gasteiger partial charge is 0.401 e. The van der Waals surface area contributed by atoms with Crippen LogP contribution >= 0.6 is 23.2 Å². The van der Waals surface area contributed by atoms with Crippen molar-refractivity contribution in [3.63, 3.8) is 0 Å². The third-order valence-corrected chi connectivity index (χ3v) is 3.72. The van der Waals surface area contributed by atoms with Gasteiger partial charge >= 0.3 is 5.88 Å². The Hall–Kier alpha value is -2.63. The van der Waals surface area contributed by atoms with Crippen molar-refractivity contribution in [2.24, 2.45) is 0 Å². The third kappa shape index (κ3) is 3.64. The molecule has 0 saturated heterocycles. The number of nitrogens with zero attached hydrogens (tertiary/aromatic N) is 2. The molecule has 5 nitrogen and oxygen atoms in total. The van der Waals surface area contributed by atoms with Crippen molar-refractivity contribution in [3.05, 3.63) is 80.2 Å². The normalized spacial score (nSPS) is 11.8. The highest BCUT2D eigenvalue weighted by atomic mass is 35.5. The molecule has 0 N–H and O–H groups in total. The molecule has 120 valence electrons. The minimum atomic E-state index is -0.584. The number of halogens is 2. The summed E-state index contributed by atoms with van der Waals surface area (Å²) in [5.74, 6) is 0.0983. The van der Waals surface area contributed by atoms with Crippen molar-refractivity contribution in [1.82, 2.24) is 4.98 Å². The fourth-order valence-electron chi connectivity index (χ4n) is 2.10. The minimum Gasteiger partial charge on any atom is -0.401 e. The van der Waals surface area contributed by atoms with Crippen molar-refractivity contribution < 1.29 is 9.34 Å². The van der Waals surface area contributed by atoms with Gasteiger partial charge in [0.1, 0.15) is 10.7 Å². The Bertz CT molecular complexity index is 977. The zero-order valence-corrected chi connectivity index (χ0v) is 13.7. The van der Waals surface area contributed by atoms with Gasteiger partial charge in [0.15, 0.2) is 0 Å². The molecule has 0 atom stereocenters. The Kier molecular flexibility index (Phi) is 4.64. The van der Waals surface area contributed by atoms with Crippen LogP contribution in [0.2, 0.25) is 10.0 Å². The van der Waals surface area contributed by atoms with Crippen molar-refractivity contribution in [3.8, 4) is 0 Å². The van der Waals surface area contributed by atoms with E-state index in [0.717, 1.165) is 5.39 Å². The molecule has 7 heteroatoms. The highest BCUT2D eigenvalue weighted by molar-refractivity contribution is 6.36. The van der Waals surface area contributed by atoms with Crippen molar-refractivity contribution in [2.45, 2.75) is 0 Å². The van der Waals surface area contributed by atoms with E-state index in [1.807, 2.05) is 6.07 Å². The van der Waals surface area contributed by atoms with Gasteiger partial charge in [0.2, 0.25) is 0 Å². The molecule has 1 aromatic carbocycles. The number of hydrogen-bond acceptors (Lipinski definition) is 4. The summed E-state index contributed by atoms with van der Waals surface area (Å²) in [6.07, 6.45) is 6.81. The van der Waals surface area contributed by atoms with Gasteiger partial charge in [0.25, 0.3) is 0 Å². The number of hydrogen-bond donors (Lipinski definition) is 0. The molecule has 2 aromatic heterocycles. The SMILES string of the molecule is O=[N+]([O-])c1ccc(C=CC=Cc2cc(Cl)c3ccc(Cl)cc3n2)o1. The van der Waals surface area contributed by atoms with E-state index in [9.17, 15) is 10.1 Å². The number of aromatic nitrogens is 1. The summed E-state index contributed by atoms with van der Waals surface area (Å²) in [7, 11) is 0. The van der Waals surface area contributed by atoms with Gasteiger partial charge in [-0.05, 0) is 42.5 Å². The molecule has 24 heavy (non-hydrogen) atoms. The first-order valence-corrected chi connectivity index (χ1v) is 7.63. The molecule has 0 aliphatic rings. The summed E-state index contributed by atoms with van der Waals surface area (Å²) >= 11 is 12.2. The number of fused-ring (bicyclic) bond motifs is 1. The van der Waals surface area contributed by atoms with Gasteiger partial charge in [0, 0.05) is 10.4 Å². The van der Waals surface area contributed by atoms with Crippen LogP contribution < -0.4 is 0 Å². The molecule has 0 bridgehead atoms.